The number of para-hydroxylation sites is 1. The number of ether oxygens (including phenoxy) is 1. The first-order valence-electron chi connectivity index (χ1n) is 13.2. The van der Waals surface area contributed by atoms with Gasteiger partial charge < -0.3 is 35.6 Å². The van der Waals surface area contributed by atoms with Crippen molar-refractivity contribution in [3.63, 3.8) is 0 Å². The van der Waals surface area contributed by atoms with Gasteiger partial charge in [0.25, 0.3) is 0 Å². The Hall–Kier alpha value is -4.22. The van der Waals surface area contributed by atoms with E-state index in [1.54, 1.807) is 21.0 Å². The molecule has 0 bridgehead atoms. The Kier molecular flexibility index (Phi) is 8.86. The third-order valence-corrected chi connectivity index (χ3v) is 6.88. The topological polar surface area (TPSA) is 128 Å². The number of carbonyl (C=O) groups excluding carboxylic acids is 1. The van der Waals surface area contributed by atoms with Gasteiger partial charge in [-0.15, -0.1) is 0 Å². The number of piperidine rings is 1. The fourth-order valence-corrected chi connectivity index (χ4v) is 4.76. The van der Waals surface area contributed by atoms with Gasteiger partial charge in [0.1, 0.15) is 12.1 Å². The molecule has 4 N–H and O–H groups in total. The molecule has 212 valence electrons. The number of nitrogens with zero attached hydrogens (tertiary/aromatic N) is 5. The molecule has 40 heavy (non-hydrogen) atoms. The quantitative estimate of drug-likeness (QED) is 0.274. The van der Waals surface area contributed by atoms with E-state index in [2.05, 4.69) is 61.4 Å². The predicted molar refractivity (Wildman–Crippen MR) is 159 cm³/mol. The Balaban J connectivity index is 1.65. The second-order valence-corrected chi connectivity index (χ2v) is 10.5. The van der Waals surface area contributed by atoms with Gasteiger partial charge in [0, 0.05) is 36.4 Å². The van der Waals surface area contributed by atoms with Crippen LogP contribution in [-0.4, -0.2) is 71.2 Å². The van der Waals surface area contributed by atoms with E-state index in [0.29, 0.717) is 40.4 Å². The number of aromatic nitrogens is 3. The summed E-state index contributed by atoms with van der Waals surface area (Å²) in [5.41, 5.74) is 2.39. The molecule has 1 amide bonds. The third-order valence-electron chi connectivity index (χ3n) is 6.88. The van der Waals surface area contributed by atoms with Crippen LogP contribution in [0, 0.1) is 0 Å². The van der Waals surface area contributed by atoms with E-state index < -0.39 is 5.60 Å². The Bertz CT molecular complexity index is 1360. The van der Waals surface area contributed by atoms with Crippen molar-refractivity contribution in [1.82, 2.24) is 19.9 Å². The van der Waals surface area contributed by atoms with Crippen molar-refractivity contribution in [3.8, 4) is 5.75 Å². The molecule has 1 aliphatic heterocycles. The molecule has 0 spiro atoms. The van der Waals surface area contributed by atoms with Crippen molar-refractivity contribution < 1.29 is 14.6 Å². The first-order valence-corrected chi connectivity index (χ1v) is 13.2. The lowest BCUT2D eigenvalue weighted by Crippen LogP contribution is -2.45. The summed E-state index contributed by atoms with van der Waals surface area (Å²) in [6.45, 7) is 8.73. The van der Waals surface area contributed by atoms with Crippen LogP contribution in [-0.2, 0) is 10.4 Å². The number of nitrogens with one attached hydrogen (secondary N) is 3. The van der Waals surface area contributed by atoms with Crippen LogP contribution < -0.4 is 25.6 Å². The molecule has 0 radical (unpaired) electrons. The first kappa shape index (κ1) is 28.8. The highest BCUT2D eigenvalue weighted by Crippen LogP contribution is 2.39. The zero-order chi connectivity index (χ0) is 28.9. The number of likely N-dealkylation sites (N-methyl/N-ethyl adjacent to an activating group) is 1. The summed E-state index contributed by atoms with van der Waals surface area (Å²) in [4.78, 5) is 29.9. The van der Waals surface area contributed by atoms with E-state index in [9.17, 15) is 9.90 Å². The van der Waals surface area contributed by atoms with Gasteiger partial charge >= 0.3 is 0 Å². The average Bonchev–Trinajstić information content (AvgIpc) is 2.93. The number of hydrogen-bond acceptors (Lipinski definition) is 10. The molecule has 0 unspecified atom stereocenters. The second-order valence-electron chi connectivity index (χ2n) is 10.5. The Labute approximate surface area is 235 Å². The summed E-state index contributed by atoms with van der Waals surface area (Å²) in [5.74, 6) is 0.834. The number of rotatable bonds is 10. The van der Waals surface area contributed by atoms with Gasteiger partial charge in [-0.1, -0.05) is 24.8 Å². The van der Waals surface area contributed by atoms with Crippen LogP contribution in [0.5, 0.6) is 5.75 Å². The molecule has 3 aromatic rings. The van der Waals surface area contributed by atoms with Crippen LogP contribution in [0.3, 0.4) is 0 Å². The normalized spacial score (nSPS) is 15.5. The molecule has 0 saturated carbocycles. The summed E-state index contributed by atoms with van der Waals surface area (Å²) in [5, 5.41) is 19.9. The van der Waals surface area contributed by atoms with E-state index >= 15 is 0 Å². The molecular formula is C29H38N8O3. The molecule has 2 heterocycles. The molecule has 1 aromatic heterocycles. The lowest BCUT2D eigenvalue weighted by Gasteiger charge is -2.38. The van der Waals surface area contributed by atoms with Crippen molar-refractivity contribution >= 4 is 40.6 Å². The Morgan fingerprint density at radius 2 is 1.85 bits per heavy atom. The molecule has 1 atom stereocenters. The average molecular weight is 547 g/mol. The maximum absolute atomic E-state index is 12.4. The highest BCUT2D eigenvalue weighted by Gasteiger charge is 2.25. The van der Waals surface area contributed by atoms with Crippen LogP contribution in [0.15, 0.2) is 55.4 Å². The summed E-state index contributed by atoms with van der Waals surface area (Å²) in [6.07, 6.45) is 4.79. The van der Waals surface area contributed by atoms with Crippen molar-refractivity contribution in [1.29, 1.82) is 0 Å². The van der Waals surface area contributed by atoms with E-state index in [4.69, 9.17) is 4.74 Å². The van der Waals surface area contributed by atoms with Gasteiger partial charge in [0.05, 0.1) is 29.8 Å². The summed E-state index contributed by atoms with van der Waals surface area (Å²) < 4.78 is 5.74. The highest BCUT2D eigenvalue weighted by molar-refractivity contribution is 6.02. The van der Waals surface area contributed by atoms with Crippen LogP contribution in [0.25, 0.3) is 0 Å². The van der Waals surface area contributed by atoms with Gasteiger partial charge in [-0.3, -0.25) is 4.79 Å². The molecule has 2 aromatic carbocycles. The maximum Gasteiger partial charge on any atom is 0.247 e. The molecule has 1 saturated heterocycles. The number of anilines is 6. The van der Waals surface area contributed by atoms with Crippen molar-refractivity contribution in [2.24, 2.45) is 0 Å². The van der Waals surface area contributed by atoms with Gasteiger partial charge in [0.2, 0.25) is 17.8 Å². The molecule has 11 heteroatoms. The van der Waals surface area contributed by atoms with E-state index in [0.717, 1.165) is 31.6 Å². The first-order chi connectivity index (χ1) is 19.1. The molecular weight excluding hydrogens is 508 g/mol. The van der Waals surface area contributed by atoms with E-state index in [1.807, 2.05) is 36.4 Å². The lowest BCUT2D eigenvalue weighted by molar-refractivity contribution is -0.111. The number of aliphatic hydroxyl groups is 1. The van der Waals surface area contributed by atoms with E-state index in [-0.39, 0.29) is 11.9 Å². The fraction of sp³-hybridized carbons (Fsp3) is 0.379. The zero-order valence-electron chi connectivity index (χ0n) is 23.7. The standard InChI is InChI=1S/C29H38N8O3/c1-7-26(38)32-22-15-23(25(40-6)16-24(22)37-14-10-11-19(17-37)36(4)5)34-28-31-18-30-27(35-28)33-21-13-9-8-12-20(21)29(2,3)39/h7-9,12-13,15-16,18-19,39H,1,10-11,14,17H2,2-6H3,(H,32,38)(H2,30,31,33,34,35)/t19-/m1/s1. The third kappa shape index (κ3) is 6.85. The minimum absolute atomic E-state index is 0.274. The van der Waals surface area contributed by atoms with Crippen LogP contribution in [0.2, 0.25) is 0 Å². The van der Waals surface area contributed by atoms with Crippen molar-refractivity contribution in [3.05, 3.63) is 60.9 Å². The zero-order valence-corrected chi connectivity index (χ0v) is 23.7. The lowest BCUT2D eigenvalue weighted by atomic mass is 9.96. The maximum atomic E-state index is 12.4. The van der Waals surface area contributed by atoms with Gasteiger partial charge in [-0.05, 0) is 59.0 Å². The van der Waals surface area contributed by atoms with Crippen LogP contribution >= 0.6 is 0 Å². The second kappa shape index (κ2) is 12.3. The minimum atomic E-state index is -1.06. The fourth-order valence-electron chi connectivity index (χ4n) is 4.76. The molecule has 1 fully saturated rings. The SMILES string of the molecule is C=CC(=O)Nc1cc(Nc2ncnc(Nc3ccccc3C(C)(C)O)n2)c(OC)cc1N1CCC[C@@H](N(C)C)C1. The molecule has 1 aliphatic rings. The summed E-state index contributed by atoms with van der Waals surface area (Å²) in [6, 6.07) is 11.6. The summed E-state index contributed by atoms with van der Waals surface area (Å²) in [7, 11) is 5.77. The Morgan fingerprint density at radius 3 is 2.50 bits per heavy atom. The minimum Gasteiger partial charge on any atom is -0.494 e. The van der Waals surface area contributed by atoms with Crippen molar-refractivity contribution in [2.75, 3.05) is 55.1 Å². The summed E-state index contributed by atoms with van der Waals surface area (Å²) >= 11 is 0. The van der Waals surface area contributed by atoms with Crippen LogP contribution in [0.4, 0.5) is 34.6 Å². The van der Waals surface area contributed by atoms with Crippen LogP contribution in [0.1, 0.15) is 32.3 Å². The smallest absolute Gasteiger partial charge is 0.247 e. The van der Waals surface area contributed by atoms with Crippen molar-refractivity contribution in [2.45, 2.75) is 38.3 Å². The van der Waals surface area contributed by atoms with Gasteiger partial charge in [0.15, 0.2) is 0 Å². The molecule has 4 rings (SSSR count). The number of benzene rings is 2. The largest absolute Gasteiger partial charge is 0.494 e. The van der Waals surface area contributed by atoms with E-state index in [1.165, 1.54) is 12.4 Å². The number of carbonyl (C=O) groups is 1. The Morgan fingerprint density at radius 1 is 1.15 bits per heavy atom. The highest BCUT2D eigenvalue weighted by atomic mass is 16.5. The number of amides is 1. The van der Waals surface area contributed by atoms with Gasteiger partial charge in [-0.2, -0.15) is 4.98 Å². The predicted octanol–water partition coefficient (Wildman–Crippen LogP) is 4.25. The monoisotopic (exact) mass is 546 g/mol. The molecule has 11 nitrogen and oxygen atoms in total. The molecule has 0 aliphatic carbocycles. The van der Waals surface area contributed by atoms with Gasteiger partial charge in [-0.25, -0.2) is 9.97 Å². The number of methoxy groups -OCH3 is 1. The number of hydrogen-bond donors (Lipinski definition) is 4.